The molecule has 1 saturated carbocycles. The molecular formula is C34H48N6O6. The quantitative estimate of drug-likeness (QED) is 0.460. The van der Waals surface area contributed by atoms with Crippen LogP contribution in [0.1, 0.15) is 90.4 Å². The van der Waals surface area contributed by atoms with Crippen molar-refractivity contribution < 1.29 is 28.3 Å². The van der Waals surface area contributed by atoms with Crippen LogP contribution in [0.15, 0.2) is 10.6 Å². The molecule has 0 bridgehead atoms. The Labute approximate surface area is 271 Å². The summed E-state index contributed by atoms with van der Waals surface area (Å²) in [6.45, 7) is 11.2. The number of hydrogen-bond donors (Lipinski definition) is 0. The summed E-state index contributed by atoms with van der Waals surface area (Å²) in [6.07, 6.45) is 7.64. The van der Waals surface area contributed by atoms with Gasteiger partial charge in [0, 0.05) is 43.7 Å². The number of fused-ring (bicyclic) bond motifs is 2. The van der Waals surface area contributed by atoms with Crippen molar-refractivity contribution in [1.29, 1.82) is 0 Å². The molecule has 2 aliphatic carbocycles. The van der Waals surface area contributed by atoms with Gasteiger partial charge >= 0.3 is 6.09 Å². The summed E-state index contributed by atoms with van der Waals surface area (Å²) in [5.41, 5.74) is -0.127. The fraction of sp³-hybridized carbons (Fsp3) is 0.735. The van der Waals surface area contributed by atoms with Gasteiger partial charge in [0.2, 0.25) is 5.88 Å². The number of anilines is 1. The number of likely N-dealkylation sites (N-methyl/N-ethyl adjacent to an activating group) is 1. The number of Topliss-reactive ketones (excluding diaryl/α,β-unsaturated/α-hetero) is 1. The van der Waals surface area contributed by atoms with E-state index in [9.17, 15) is 9.59 Å². The maximum absolute atomic E-state index is 13.3. The third-order valence-corrected chi connectivity index (χ3v) is 10.7. The first-order valence-corrected chi connectivity index (χ1v) is 17.1. The number of rotatable bonds is 5. The fourth-order valence-corrected chi connectivity index (χ4v) is 8.27. The first kappa shape index (κ1) is 31.4. The van der Waals surface area contributed by atoms with Gasteiger partial charge in [-0.3, -0.25) is 14.6 Å². The van der Waals surface area contributed by atoms with Crippen molar-refractivity contribution in [3.05, 3.63) is 17.4 Å². The molecule has 2 aromatic rings. The molecule has 0 radical (unpaired) electrons. The lowest BCUT2D eigenvalue weighted by Crippen LogP contribution is -2.73. The molecule has 0 N–H and O–H groups in total. The van der Waals surface area contributed by atoms with Crippen LogP contribution in [-0.2, 0) is 26.1 Å². The van der Waals surface area contributed by atoms with Crippen molar-refractivity contribution in [3.8, 4) is 17.4 Å². The number of piperazine rings is 1. The van der Waals surface area contributed by atoms with Crippen LogP contribution in [0.3, 0.4) is 0 Å². The maximum atomic E-state index is 13.3. The van der Waals surface area contributed by atoms with Crippen LogP contribution >= 0.6 is 0 Å². The van der Waals surface area contributed by atoms with Crippen LogP contribution in [0.25, 0.3) is 11.5 Å². The van der Waals surface area contributed by atoms with Crippen LogP contribution in [-0.4, -0.2) is 107 Å². The summed E-state index contributed by atoms with van der Waals surface area (Å²) in [4.78, 5) is 42.9. The SMILES string of the molecule is C[C@H](Oc1cc(N2CCN(C(=O)OC(C)(C)C)C3(COC3)C2)nc(-c2noc3c2CCC[C@@]32CCCCC2=O)n1)[C@@H]1CCCN1C. The minimum absolute atomic E-state index is 0.0761. The summed E-state index contributed by atoms with van der Waals surface area (Å²) in [5, 5.41) is 4.55. The predicted octanol–water partition coefficient (Wildman–Crippen LogP) is 4.54. The average molecular weight is 637 g/mol. The molecule has 0 aromatic carbocycles. The Bertz CT molecular complexity index is 1480. The van der Waals surface area contributed by atoms with Crippen LogP contribution in [0.4, 0.5) is 10.6 Å². The summed E-state index contributed by atoms with van der Waals surface area (Å²) in [5.74, 6) is 2.62. The molecular weight excluding hydrogens is 588 g/mol. The molecule has 1 amide bonds. The Morgan fingerprint density at radius 1 is 1.07 bits per heavy atom. The molecule has 2 spiro atoms. The second-order valence-corrected chi connectivity index (χ2v) is 15.1. The predicted molar refractivity (Wildman–Crippen MR) is 170 cm³/mol. The molecule has 12 heteroatoms. The van der Waals surface area contributed by atoms with Crippen molar-refractivity contribution in [3.63, 3.8) is 0 Å². The number of carbonyl (C=O) groups is 2. The van der Waals surface area contributed by atoms with Gasteiger partial charge < -0.3 is 23.6 Å². The fourth-order valence-electron chi connectivity index (χ4n) is 8.27. The molecule has 0 unspecified atom stereocenters. The molecule has 2 aromatic heterocycles. The van der Waals surface area contributed by atoms with E-state index in [1.54, 1.807) is 0 Å². The number of aromatic nitrogens is 3. The van der Waals surface area contributed by atoms with Gasteiger partial charge in [-0.25, -0.2) is 9.78 Å². The highest BCUT2D eigenvalue weighted by molar-refractivity contribution is 5.91. The van der Waals surface area contributed by atoms with Gasteiger partial charge in [0.05, 0.1) is 18.6 Å². The lowest BCUT2D eigenvalue weighted by Gasteiger charge is -2.54. The van der Waals surface area contributed by atoms with E-state index < -0.39 is 16.6 Å². The first-order chi connectivity index (χ1) is 22.0. The Kier molecular flexibility index (Phi) is 8.02. The molecule has 5 aliphatic rings. The summed E-state index contributed by atoms with van der Waals surface area (Å²) in [7, 11) is 2.14. The summed E-state index contributed by atoms with van der Waals surface area (Å²) in [6, 6.07) is 2.20. The van der Waals surface area contributed by atoms with E-state index >= 15 is 0 Å². The number of ketones is 1. The van der Waals surface area contributed by atoms with Crippen molar-refractivity contribution in [1.82, 2.24) is 24.9 Å². The van der Waals surface area contributed by atoms with Crippen LogP contribution in [0, 0.1) is 0 Å². The van der Waals surface area contributed by atoms with Crippen LogP contribution in [0.2, 0.25) is 0 Å². The van der Waals surface area contributed by atoms with Gasteiger partial charge in [-0.05, 0) is 86.2 Å². The van der Waals surface area contributed by atoms with Gasteiger partial charge in [-0.2, -0.15) is 4.98 Å². The highest BCUT2D eigenvalue weighted by atomic mass is 16.6. The smallest absolute Gasteiger partial charge is 0.411 e. The van der Waals surface area contributed by atoms with E-state index in [-0.39, 0.29) is 18.0 Å². The Morgan fingerprint density at radius 2 is 1.87 bits per heavy atom. The number of ether oxygens (including phenoxy) is 3. The average Bonchev–Trinajstić information content (AvgIpc) is 3.63. The van der Waals surface area contributed by atoms with E-state index in [2.05, 4.69) is 28.9 Å². The third kappa shape index (κ3) is 5.55. The topological polar surface area (TPSA) is 123 Å². The Balaban J connectivity index is 1.23. The molecule has 3 atom stereocenters. The van der Waals surface area contributed by atoms with Crippen molar-refractivity contribution in [2.45, 2.75) is 114 Å². The highest BCUT2D eigenvalue weighted by Crippen LogP contribution is 2.48. The second-order valence-electron chi connectivity index (χ2n) is 15.1. The number of likely N-dealkylation sites (tertiary alicyclic amines) is 1. The minimum atomic E-state index is -0.588. The molecule has 46 heavy (non-hydrogen) atoms. The zero-order valence-corrected chi connectivity index (χ0v) is 28.0. The monoisotopic (exact) mass is 636 g/mol. The van der Waals surface area contributed by atoms with Crippen molar-refractivity contribution in [2.75, 3.05) is 51.3 Å². The third-order valence-electron chi connectivity index (χ3n) is 10.7. The molecule has 3 aliphatic heterocycles. The second kappa shape index (κ2) is 11.8. The standard InChI is InChI=1S/C34H48N6O6/c1-22(24-11-9-15-38(24)5)44-27-18-26(39-16-17-40(31(42)45-32(2,3)4)33(19-39)20-43-21-33)35-30(36-27)28-23-10-8-14-34(29(23)46-37-28)13-7-6-12-25(34)41/h18,22,24H,6-17,19-21H2,1-5H3/t22-,24-,34+/m0/s1. The van der Waals surface area contributed by atoms with Gasteiger partial charge in [0.1, 0.15) is 28.8 Å². The molecule has 12 nitrogen and oxygen atoms in total. The number of hydrogen-bond acceptors (Lipinski definition) is 11. The Morgan fingerprint density at radius 3 is 2.57 bits per heavy atom. The maximum Gasteiger partial charge on any atom is 0.411 e. The molecule has 7 rings (SSSR count). The van der Waals surface area contributed by atoms with Crippen molar-refractivity contribution in [2.24, 2.45) is 0 Å². The lowest BCUT2D eigenvalue weighted by atomic mass is 9.64. The van der Waals surface area contributed by atoms with E-state index in [0.29, 0.717) is 74.3 Å². The minimum Gasteiger partial charge on any atom is -0.473 e. The van der Waals surface area contributed by atoms with E-state index in [0.717, 1.165) is 63.5 Å². The van der Waals surface area contributed by atoms with Gasteiger partial charge in [0.25, 0.3) is 0 Å². The highest BCUT2D eigenvalue weighted by Gasteiger charge is 2.52. The van der Waals surface area contributed by atoms with Gasteiger partial charge in [-0.15, -0.1) is 0 Å². The summed E-state index contributed by atoms with van der Waals surface area (Å²) >= 11 is 0. The largest absolute Gasteiger partial charge is 0.473 e. The molecule has 250 valence electrons. The summed E-state index contributed by atoms with van der Waals surface area (Å²) < 4.78 is 24.1. The van der Waals surface area contributed by atoms with Crippen LogP contribution < -0.4 is 9.64 Å². The van der Waals surface area contributed by atoms with E-state index in [4.69, 9.17) is 28.7 Å². The normalized spacial score (nSPS) is 27.1. The zero-order valence-electron chi connectivity index (χ0n) is 28.0. The zero-order chi connectivity index (χ0) is 32.3. The van der Waals surface area contributed by atoms with Gasteiger partial charge in [0.15, 0.2) is 17.3 Å². The van der Waals surface area contributed by atoms with Crippen molar-refractivity contribution >= 4 is 17.7 Å². The molecule has 3 saturated heterocycles. The van der Waals surface area contributed by atoms with E-state index in [1.165, 1.54) is 0 Å². The molecule has 4 fully saturated rings. The lowest BCUT2D eigenvalue weighted by molar-refractivity contribution is -0.138. The first-order valence-electron chi connectivity index (χ1n) is 17.1. The Hall–Kier alpha value is -3.25. The number of nitrogens with zero attached hydrogens (tertiary/aromatic N) is 6. The van der Waals surface area contributed by atoms with E-state index in [1.807, 2.05) is 31.7 Å². The number of amides is 1. The molecule has 5 heterocycles. The van der Waals surface area contributed by atoms with Crippen LogP contribution in [0.5, 0.6) is 5.88 Å². The van der Waals surface area contributed by atoms with Gasteiger partial charge in [-0.1, -0.05) is 11.6 Å². The number of carbonyl (C=O) groups excluding carboxylic acids is 2.